The normalized spacial score (nSPS) is 11.1. The van der Waals surface area contributed by atoms with E-state index in [0.717, 1.165) is 35.4 Å². The predicted octanol–water partition coefficient (Wildman–Crippen LogP) is 3.98. The fourth-order valence-electron chi connectivity index (χ4n) is 2.42. The van der Waals surface area contributed by atoms with E-state index in [2.05, 4.69) is 4.98 Å². The number of hydrogen-bond donors (Lipinski definition) is 1. The van der Waals surface area contributed by atoms with Gasteiger partial charge in [-0.2, -0.15) is 0 Å². The number of fused-ring (bicyclic) bond motifs is 1. The summed E-state index contributed by atoms with van der Waals surface area (Å²) in [6.45, 7) is 3.85. The Bertz CT molecular complexity index is 927. The molecule has 0 saturated heterocycles. The molecule has 124 valence electrons. The zero-order valence-corrected chi connectivity index (χ0v) is 15.7. The maximum absolute atomic E-state index is 12.6. The van der Waals surface area contributed by atoms with E-state index in [1.54, 1.807) is 11.3 Å². The summed E-state index contributed by atoms with van der Waals surface area (Å²) in [7, 11) is 0. The fourth-order valence-corrected chi connectivity index (χ4v) is 5.77. The van der Waals surface area contributed by atoms with Gasteiger partial charge in [0.05, 0.1) is 22.7 Å². The third kappa shape index (κ3) is 3.53. The lowest BCUT2D eigenvalue weighted by Crippen LogP contribution is -2.13. The Labute approximate surface area is 152 Å². The van der Waals surface area contributed by atoms with Crippen molar-refractivity contribution in [2.45, 2.75) is 24.6 Å². The third-order valence-electron chi connectivity index (χ3n) is 3.63. The molecule has 1 amide bonds. The van der Waals surface area contributed by atoms with Crippen molar-refractivity contribution in [2.75, 3.05) is 5.75 Å². The van der Waals surface area contributed by atoms with E-state index in [-0.39, 0.29) is 18.1 Å². The monoisotopic (exact) mass is 376 g/mol. The number of thiazole rings is 1. The number of amides is 1. The van der Waals surface area contributed by atoms with Crippen molar-refractivity contribution in [3.8, 4) is 0 Å². The van der Waals surface area contributed by atoms with E-state index < -0.39 is 0 Å². The first-order valence-electron chi connectivity index (χ1n) is 7.34. The van der Waals surface area contributed by atoms with Crippen molar-refractivity contribution in [3.05, 3.63) is 45.3 Å². The number of primary amides is 1. The molecule has 0 spiro atoms. The second kappa shape index (κ2) is 7.04. The number of Topliss-reactive ketones (excluding diaryl/α,β-unsaturated/α-hetero) is 1. The zero-order valence-electron chi connectivity index (χ0n) is 13.3. The van der Waals surface area contributed by atoms with Crippen molar-refractivity contribution >= 4 is 56.2 Å². The van der Waals surface area contributed by atoms with Crippen molar-refractivity contribution in [1.82, 2.24) is 4.98 Å². The highest BCUT2D eigenvalue weighted by Crippen LogP contribution is 2.33. The molecule has 3 rings (SSSR count). The number of hydrogen-bond acceptors (Lipinski definition) is 6. The van der Waals surface area contributed by atoms with Crippen molar-refractivity contribution in [1.29, 1.82) is 0 Å². The fraction of sp³-hybridized carbons (Fsp3) is 0.235. The molecule has 7 heteroatoms. The molecular formula is C17H16N2O2S3. The quantitative estimate of drug-likeness (QED) is 0.522. The molecule has 0 saturated carbocycles. The molecule has 2 aromatic heterocycles. The molecule has 0 aliphatic carbocycles. The molecule has 2 N–H and O–H groups in total. The van der Waals surface area contributed by atoms with Crippen molar-refractivity contribution in [2.24, 2.45) is 5.73 Å². The number of thiophene rings is 1. The number of ketones is 1. The van der Waals surface area contributed by atoms with Gasteiger partial charge in [0.2, 0.25) is 5.91 Å². The van der Waals surface area contributed by atoms with Gasteiger partial charge in [0.15, 0.2) is 10.1 Å². The Morgan fingerprint density at radius 3 is 2.67 bits per heavy atom. The Balaban J connectivity index is 1.73. The molecular weight excluding hydrogens is 360 g/mol. The minimum Gasteiger partial charge on any atom is -0.369 e. The van der Waals surface area contributed by atoms with Crippen LogP contribution in [0.15, 0.2) is 28.6 Å². The van der Waals surface area contributed by atoms with E-state index in [1.807, 2.05) is 38.1 Å². The number of carbonyl (C=O) groups excluding carboxylic acids is 2. The molecule has 1 aromatic carbocycles. The number of rotatable bonds is 6. The highest BCUT2D eigenvalue weighted by atomic mass is 32.2. The number of carbonyl (C=O) groups is 2. The van der Waals surface area contributed by atoms with Gasteiger partial charge in [-0.15, -0.1) is 22.7 Å². The second-order valence-corrected chi connectivity index (χ2v) is 8.75. The number of aromatic nitrogens is 1. The van der Waals surface area contributed by atoms with Crippen molar-refractivity contribution < 1.29 is 9.59 Å². The smallest absolute Gasteiger partial charge is 0.222 e. The number of thioether (sulfide) groups is 1. The van der Waals surface area contributed by atoms with Crippen LogP contribution in [0.3, 0.4) is 0 Å². The average Bonchev–Trinajstić information content (AvgIpc) is 3.06. The van der Waals surface area contributed by atoms with Crippen LogP contribution in [0, 0.1) is 13.8 Å². The van der Waals surface area contributed by atoms with Crippen LogP contribution in [-0.4, -0.2) is 22.4 Å². The lowest BCUT2D eigenvalue weighted by atomic mass is 10.1. The molecule has 0 fully saturated rings. The van der Waals surface area contributed by atoms with Gasteiger partial charge in [-0.1, -0.05) is 30.0 Å². The Morgan fingerprint density at radius 2 is 1.96 bits per heavy atom. The van der Waals surface area contributed by atoms with E-state index >= 15 is 0 Å². The van der Waals surface area contributed by atoms with Crippen LogP contribution in [0.5, 0.6) is 0 Å². The number of benzene rings is 1. The van der Waals surface area contributed by atoms with Crippen LogP contribution in [0.25, 0.3) is 10.1 Å². The Morgan fingerprint density at radius 1 is 1.21 bits per heavy atom. The van der Waals surface area contributed by atoms with E-state index in [0.29, 0.717) is 5.75 Å². The summed E-state index contributed by atoms with van der Waals surface area (Å²) in [6, 6.07) is 8.06. The second-order valence-electron chi connectivity index (χ2n) is 5.40. The molecule has 0 bridgehead atoms. The summed E-state index contributed by atoms with van der Waals surface area (Å²) >= 11 is 4.40. The first kappa shape index (κ1) is 17.1. The third-order valence-corrected chi connectivity index (χ3v) is 7.25. The molecule has 0 unspecified atom stereocenters. The largest absolute Gasteiger partial charge is 0.369 e. The molecule has 4 nitrogen and oxygen atoms in total. The van der Waals surface area contributed by atoms with E-state index in [4.69, 9.17) is 5.73 Å². The highest BCUT2D eigenvalue weighted by Gasteiger charge is 2.17. The first-order chi connectivity index (χ1) is 11.5. The highest BCUT2D eigenvalue weighted by molar-refractivity contribution is 8.01. The van der Waals surface area contributed by atoms with Gasteiger partial charge in [0, 0.05) is 9.58 Å². The lowest BCUT2D eigenvalue weighted by Gasteiger charge is -1.98. The van der Waals surface area contributed by atoms with Gasteiger partial charge < -0.3 is 5.73 Å². The molecule has 24 heavy (non-hydrogen) atoms. The maximum Gasteiger partial charge on any atom is 0.222 e. The van der Waals surface area contributed by atoms with Gasteiger partial charge in [-0.25, -0.2) is 4.98 Å². The molecule has 0 aliphatic heterocycles. The van der Waals surface area contributed by atoms with E-state index in [9.17, 15) is 9.59 Å². The molecule has 0 atom stereocenters. The first-order valence-corrected chi connectivity index (χ1v) is 9.96. The number of nitrogens with two attached hydrogens (primary N) is 1. The average molecular weight is 377 g/mol. The SMILES string of the molecule is Cc1nc(SCC(=O)c2sc3ccccc3c2C)sc1CC(N)=O. The van der Waals surface area contributed by atoms with Crippen LogP contribution in [0.2, 0.25) is 0 Å². The van der Waals surface area contributed by atoms with Gasteiger partial charge in [-0.3, -0.25) is 9.59 Å². The van der Waals surface area contributed by atoms with Gasteiger partial charge >= 0.3 is 0 Å². The van der Waals surface area contributed by atoms with Gasteiger partial charge in [-0.05, 0) is 30.9 Å². The topological polar surface area (TPSA) is 73.1 Å². The van der Waals surface area contributed by atoms with Crippen LogP contribution < -0.4 is 5.73 Å². The number of aryl methyl sites for hydroxylation is 2. The standard InChI is InChI=1S/C17H16N2O2S3/c1-9-11-5-3-4-6-13(11)23-16(9)12(20)8-22-17-19-10(2)14(24-17)7-15(18)21/h3-6H,7-8H2,1-2H3,(H2,18,21). The summed E-state index contributed by atoms with van der Waals surface area (Å²) in [4.78, 5) is 29.7. The van der Waals surface area contributed by atoms with Crippen LogP contribution in [0.1, 0.15) is 25.8 Å². The summed E-state index contributed by atoms with van der Waals surface area (Å²) in [5, 5.41) is 1.14. The summed E-state index contributed by atoms with van der Waals surface area (Å²) in [5.41, 5.74) is 7.09. The summed E-state index contributed by atoms with van der Waals surface area (Å²) < 4.78 is 1.94. The molecule has 2 heterocycles. The zero-order chi connectivity index (χ0) is 17.3. The minimum absolute atomic E-state index is 0.114. The molecule has 0 radical (unpaired) electrons. The Kier molecular flexibility index (Phi) is 5.03. The lowest BCUT2D eigenvalue weighted by molar-refractivity contribution is -0.117. The van der Waals surface area contributed by atoms with E-state index in [1.165, 1.54) is 23.1 Å². The van der Waals surface area contributed by atoms with Crippen LogP contribution in [0.4, 0.5) is 0 Å². The maximum atomic E-state index is 12.6. The van der Waals surface area contributed by atoms with Crippen LogP contribution >= 0.6 is 34.4 Å². The number of nitrogens with zero attached hydrogens (tertiary/aromatic N) is 1. The molecule has 3 aromatic rings. The Hall–Kier alpha value is -1.70. The van der Waals surface area contributed by atoms with Gasteiger partial charge in [0.25, 0.3) is 0 Å². The molecule has 0 aliphatic rings. The summed E-state index contributed by atoms with van der Waals surface area (Å²) in [6.07, 6.45) is 0.202. The van der Waals surface area contributed by atoms with Crippen molar-refractivity contribution in [3.63, 3.8) is 0 Å². The summed E-state index contributed by atoms with van der Waals surface area (Å²) in [5.74, 6) is 0.0923. The van der Waals surface area contributed by atoms with Gasteiger partial charge in [0.1, 0.15) is 0 Å². The predicted molar refractivity (Wildman–Crippen MR) is 101 cm³/mol. The van der Waals surface area contributed by atoms with Crippen LogP contribution in [-0.2, 0) is 11.2 Å². The minimum atomic E-state index is -0.365.